The molecule has 0 saturated heterocycles. The summed E-state index contributed by atoms with van der Waals surface area (Å²) in [6, 6.07) is 18.3. The largest absolute Gasteiger partial charge is 0.493 e. The van der Waals surface area contributed by atoms with Gasteiger partial charge in [-0.2, -0.15) is 5.10 Å². The Morgan fingerprint density at radius 3 is 2.61 bits per heavy atom. The van der Waals surface area contributed by atoms with Gasteiger partial charge in [-0.1, -0.05) is 52.2 Å². The Kier molecular flexibility index (Phi) is 8.93. The second-order valence-electron chi connectivity index (χ2n) is 6.64. The van der Waals surface area contributed by atoms with Gasteiger partial charge in [0, 0.05) is 15.6 Å². The molecule has 0 aliphatic rings. The van der Waals surface area contributed by atoms with Crippen LogP contribution in [-0.4, -0.2) is 25.8 Å². The van der Waals surface area contributed by atoms with Gasteiger partial charge >= 0.3 is 0 Å². The molecule has 8 heteroatoms. The van der Waals surface area contributed by atoms with Crippen molar-refractivity contribution in [3.63, 3.8) is 0 Å². The smallest absolute Gasteiger partial charge is 0.271 e. The molecule has 3 rings (SSSR count). The van der Waals surface area contributed by atoms with Crippen molar-refractivity contribution in [3.8, 4) is 29.6 Å². The first kappa shape index (κ1) is 24.4. The van der Waals surface area contributed by atoms with E-state index in [1.807, 2.05) is 36.4 Å². The SMILES string of the molecule is C#CCOc1c(Br)cc(Br)cc1/C=N/NC(=O)c1ccc(OCc2ccccc2)c(OC)c1. The maximum Gasteiger partial charge on any atom is 0.271 e. The molecule has 0 saturated carbocycles. The quantitative estimate of drug-likeness (QED) is 0.207. The lowest BCUT2D eigenvalue weighted by Gasteiger charge is -2.12. The number of ether oxygens (including phenoxy) is 3. The number of methoxy groups -OCH3 is 1. The van der Waals surface area contributed by atoms with E-state index in [-0.39, 0.29) is 6.61 Å². The highest BCUT2D eigenvalue weighted by atomic mass is 79.9. The van der Waals surface area contributed by atoms with Crippen molar-refractivity contribution in [1.82, 2.24) is 5.43 Å². The lowest BCUT2D eigenvalue weighted by atomic mass is 10.2. The van der Waals surface area contributed by atoms with Crippen molar-refractivity contribution >= 4 is 44.0 Å². The van der Waals surface area contributed by atoms with Crippen LogP contribution < -0.4 is 19.6 Å². The van der Waals surface area contributed by atoms with Crippen LogP contribution >= 0.6 is 31.9 Å². The highest BCUT2D eigenvalue weighted by Gasteiger charge is 2.12. The summed E-state index contributed by atoms with van der Waals surface area (Å²) >= 11 is 6.86. The Morgan fingerprint density at radius 1 is 1.09 bits per heavy atom. The van der Waals surface area contributed by atoms with E-state index >= 15 is 0 Å². The van der Waals surface area contributed by atoms with E-state index < -0.39 is 5.91 Å². The van der Waals surface area contributed by atoms with Crippen LogP contribution in [0.1, 0.15) is 21.5 Å². The van der Waals surface area contributed by atoms with E-state index in [0.717, 1.165) is 10.0 Å². The molecular formula is C25H20Br2N2O4. The second-order valence-corrected chi connectivity index (χ2v) is 8.41. The lowest BCUT2D eigenvalue weighted by Crippen LogP contribution is -2.17. The summed E-state index contributed by atoms with van der Waals surface area (Å²) in [6.45, 7) is 0.491. The second kappa shape index (κ2) is 12.1. The van der Waals surface area contributed by atoms with Gasteiger partial charge in [-0.05, 0) is 51.8 Å². The molecule has 0 atom stereocenters. The number of halogens is 2. The standard InChI is InChI=1S/C25H20Br2N2O4/c1-3-11-32-24-19(12-20(26)14-21(24)27)15-28-29-25(30)18-9-10-22(23(13-18)31-2)33-16-17-7-5-4-6-8-17/h1,4-10,12-15H,11,16H2,2H3,(H,29,30)/b28-15+. The maximum absolute atomic E-state index is 12.6. The van der Waals surface area contributed by atoms with Gasteiger partial charge in [0.25, 0.3) is 5.91 Å². The number of benzene rings is 3. The van der Waals surface area contributed by atoms with Gasteiger partial charge in [0.05, 0.1) is 17.8 Å². The minimum Gasteiger partial charge on any atom is -0.493 e. The number of carbonyl (C=O) groups is 1. The molecule has 168 valence electrons. The van der Waals surface area contributed by atoms with Crippen LogP contribution in [0.15, 0.2) is 74.7 Å². The third-order valence-electron chi connectivity index (χ3n) is 4.37. The van der Waals surface area contributed by atoms with Crippen LogP contribution in [0, 0.1) is 12.3 Å². The van der Waals surface area contributed by atoms with Crippen LogP contribution in [0.4, 0.5) is 0 Å². The van der Waals surface area contributed by atoms with Crippen molar-refractivity contribution in [2.45, 2.75) is 6.61 Å². The minimum absolute atomic E-state index is 0.103. The van der Waals surface area contributed by atoms with E-state index in [0.29, 0.717) is 39.5 Å². The number of amides is 1. The van der Waals surface area contributed by atoms with Gasteiger partial charge in [-0.15, -0.1) is 6.42 Å². The van der Waals surface area contributed by atoms with Gasteiger partial charge in [0.15, 0.2) is 11.5 Å². The molecule has 0 fully saturated rings. The van der Waals surface area contributed by atoms with Crippen molar-refractivity contribution in [1.29, 1.82) is 0 Å². The van der Waals surface area contributed by atoms with Crippen molar-refractivity contribution < 1.29 is 19.0 Å². The summed E-state index contributed by atoms with van der Waals surface area (Å²) in [5.41, 5.74) is 4.54. The zero-order chi connectivity index (χ0) is 23.6. The highest BCUT2D eigenvalue weighted by Crippen LogP contribution is 2.32. The average Bonchev–Trinajstić information content (AvgIpc) is 2.82. The molecule has 33 heavy (non-hydrogen) atoms. The summed E-state index contributed by atoms with van der Waals surface area (Å²) in [5.74, 6) is 3.53. The van der Waals surface area contributed by atoms with Gasteiger partial charge < -0.3 is 14.2 Å². The summed E-state index contributed by atoms with van der Waals surface area (Å²) in [4.78, 5) is 12.6. The fourth-order valence-electron chi connectivity index (χ4n) is 2.83. The van der Waals surface area contributed by atoms with Crippen LogP contribution in [0.3, 0.4) is 0 Å². The topological polar surface area (TPSA) is 69.2 Å². The third-order valence-corrected chi connectivity index (χ3v) is 5.42. The molecule has 0 aliphatic carbocycles. The van der Waals surface area contributed by atoms with Gasteiger partial charge in [-0.25, -0.2) is 5.43 Å². The Hall–Kier alpha value is -3.28. The first-order valence-corrected chi connectivity index (χ1v) is 11.3. The van der Waals surface area contributed by atoms with E-state index in [9.17, 15) is 4.79 Å². The summed E-state index contributed by atoms with van der Waals surface area (Å²) in [6.07, 6.45) is 6.76. The minimum atomic E-state index is -0.403. The van der Waals surface area contributed by atoms with Crippen molar-refractivity contribution in [3.05, 3.63) is 86.3 Å². The molecule has 0 unspecified atom stereocenters. The Balaban J connectivity index is 1.69. The number of hydrazone groups is 1. The van der Waals surface area contributed by atoms with Gasteiger partial charge in [0.1, 0.15) is 19.0 Å². The van der Waals surface area contributed by atoms with E-state index in [2.05, 4.69) is 48.3 Å². The fourth-order valence-corrected chi connectivity index (χ4v) is 4.20. The molecule has 6 nitrogen and oxygen atoms in total. The lowest BCUT2D eigenvalue weighted by molar-refractivity contribution is 0.0954. The molecule has 3 aromatic carbocycles. The Morgan fingerprint density at radius 2 is 1.88 bits per heavy atom. The van der Waals surface area contributed by atoms with Crippen LogP contribution in [0.25, 0.3) is 0 Å². The van der Waals surface area contributed by atoms with Crippen LogP contribution in [-0.2, 0) is 6.61 Å². The highest BCUT2D eigenvalue weighted by molar-refractivity contribution is 9.11. The molecule has 0 aromatic heterocycles. The zero-order valence-electron chi connectivity index (χ0n) is 17.7. The maximum atomic E-state index is 12.6. The van der Waals surface area contributed by atoms with Crippen LogP contribution in [0.2, 0.25) is 0 Å². The molecule has 1 N–H and O–H groups in total. The summed E-state index contributed by atoms with van der Waals surface area (Å²) in [7, 11) is 1.52. The molecule has 0 bridgehead atoms. The van der Waals surface area contributed by atoms with E-state index in [1.54, 1.807) is 24.3 Å². The molecule has 0 aliphatic heterocycles. The molecule has 1 amide bonds. The molecule has 0 heterocycles. The number of hydrogen-bond acceptors (Lipinski definition) is 5. The van der Waals surface area contributed by atoms with Gasteiger partial charge in [0.2, 0.25) is 0 Å². The van der Waals surface area contributed by atoms with Gasteiger partial charge in [-0.3, -0.25) is 4.79 Å². The number of rotatable bonds is 9. The predicted octanol–water partition coefficient (Wildman–Crippen LogP) is 5.58. The van der Waals surface area contributed by atoms with E-state index in [4.69, 9.17) is 20.6 Å². The average molecular weight is 572 g/mol. The number of terminal acetylenes is 1. The first-order chi connectivity index (χ1) is 16.0. The number of hydrogen-bond donors (Lipinski definition) is 1. The molecule has 0 spiro atoms. The normalized spacial score (nSPS) is 10.5. The summed E-state index contributed by atoms with van der Waals surface area (Å²) in [5, 5.41) is 4.05. The number of nitrogens with one attached hydrogen (secondary N) is 1. The fraction of sp³-hybridized carbons (Fsp3) is 0.120. The predicted molar refractivity (Wildman–Crippen MR) is 135 cm³/mol. The van der Waals surface area contributed by atoms with Crippen LogP contribution in [0.5, 0.6) is 17.2 Å². The first-order valence-electron chi connectivity index (χ1n) is 9.75. The summed E-state index contributed by atoms with van der Waals surface area (Å²) < 4.78 is 18.3. The molecular weight excluding hydrogens is 552 g/mol. The molecule has 0 radical (unpaired) electrons. The van der Waals surface area contributed by atoms with E-state index in [1.165, 1.54) is 13.3 Å². The monoisotopic (exact) mass is 570 g/mol. The number of carbonyl (C=O) groups excluding carboxylic acids is 1. The number of nitrogens with zero attached hydrogens (tertiary/aromatic N) is 1. The molecule has 3 aromatic rings. The zero-order valence-corrected chi connectivity index (χ0v) is 20.9. The van der Waals surface area contributed by atoms with Crippen molar-refractivity contribution in [2.75, 3.05) is 13.7 Å². The third kappa shape index (κ3) is 6.85. The Labute approximate surface area is 209 Å². The van der Waals surface area contributed by atoms with Crippen molar-refractivity contribution in [2.24, 2.45) is 5.10 Å². The Bertz CT molecular complexity index is 1190.